The van der Waals surface area contributed by atoms with Crippen molar-refractivity contribution in [1.82, 2.24) is 34.7 Å². The van der Waals surface area contributed by atoms with Crippen LogP contribution in [-0.4, -0.2) is 66.1 Å². The third-order valence-electron chi connectivity index (χ3n) is 6.88. The maximum atomic E-state index is 9.41. The number of ether oxygens (including phenoxy) is 1. The smallest absolute Gasteiger partial charge is 0.415 e. The molecule has 6 heterocycles. The van der Waals surface area contributed by atoms with Crippen molar-refractivity contribution in [3.8, 4) is 28.9 Å². The van der Waals surface area contributed by atoms with Crippen molar-refractivity contribution in [2.24, 2.45) is 0 Å². The van der Waals surface area contributed by atoms with Gasteiger partial charge in [-0.25, -0.2) is 9.50 Å². The van der Waals surface area contributed by atoms with Gasteiger partial charge in [-0.1, -0.05) is 29.4 Å². The number of fused-ring (bicyclic) bond motifs is 2. The molecule has 1 aromatic carbocycles. The van der Waals surface area contributed by atoms with Crippen LogP contribution in [0, 0.1) is 0 Å². The van der Waals surface area contributed by atoms with Gasteiger partial charge in [-0.15, -0.1) is 0 Å². The van der Waals surface area contributed by atoms with E-state index in [-0.39, 0.29) is 5.82 Å². The number of nitrogens with zero attached hydrogens (tertiary/aromatic N) is 8. The fourth-order valence-corrected chi connectivity index (χ4v) is 4.97. The number of hydrogen-bond donors (Lipinski definition) is 1. The van der Waals surface area contributed by atoms with E-state index in [1.807, 2.05) is 41.0 Å². The standard InChI is InChI=1S/C28H24N8O3/c37-28-33-26(34-39-28)23-9-6-19(17-29-23)25-22(10-8-20-7-5-18-3-1-2-4-21(18)31-20)32-27-24(11-12-30-36(25)27)35-13-15-38-16-14-35/h1-7,9,11-12,17H,8,10,13-16H2,(H,33,34,37). The fourth-order valence-electron chi connectivity index (χ4n) is 4.97. The Morgan fingerprint density at radius 3 is 2.62 bits per heavy atom. The Morgan fingerprint density at radius 2 is 1.79 bits per heavy atom. The Hall–Kier alpha value is -4.90. The summed E-state index contributed by atoms with van der Waals surface area (Å²) in [5.41, 5.74) is 6.92. The van der Waals surface area contributed by atoms with E-state index in [1.165, 1.54) is 0 Å². The molecule has 194 valence electrons. The van der Waals surface area contributed by atoms with Crippen LogP contribution in [-0.2, 0) is 17.6 Å². The summed E-state index contributed by atoms with van der Waals surface area (Å²) in [6, 6.07) is 18.0. The van der Waals surface area contributed by atoms with E-state index in [0.29, 0.717) is 25.3 Å². The van der Waals surface area contributed by atoms with Gasteiger partial charge in [-0.3, -0.25) is 14.5 Å². The van der Waals surface area contributed by atoms with Crippen LogP contribution in [0.3, 0.4) is 0 Å². The fraction of sp³-hybridized carbons (Fsp3) is 0.214. The van der Waals surface area contributed by atoms with E-state index in [9.17, 15) is 5.11 Å². The van der Waals surface area contributed by atoms with Crippen LogP contribution in [0.25, 0.3) is 39.3 Å². The summed E-state index contributed by atoms with van der Waals surface area (Å²) in [5, 5.41) is 19.0. The van der Waals surface area contributed by atoms with E-state index in [0.717, 1.165) is 64.4 Å². The third-order valence-corrected chi connectivity index (χ3v) is 6.88. The van der Waals surface area contributed by atoms with Gasteiger partial charge in [0, 0.05) is 35.9 Å². The number of hydrogen-bond acceptors (Lipinski definition) is 10. The van der Waals surface area contributed by atoms with Crippen LogP contribution in [0.5, 0.6) is 6.08 Å². The summed E-state index contributed by atoms with van der Waals surface area (Å²) in [6.07, 6.45) is 4.45. The minimum atomic E-state index is -0.498. The van der Waals surface area contributed by atoms with Gasteiger partial charge in [0.25, 0.3) is 0 Å². The molecule has 0 radical (unpaired) electrons. The van der Waals surface area contributed by atoms with Gasteiger partial charge in [-0.2, -0.15) is 10.1 Å². The molecule has 11 heteroatoms. The lowest BCUT2D eigenvalue weighted by atomic mass is 10.1. The Kier molecular flexibility index (Phi) is 5.82. The molecule has 39 heavy (non-hydrogen) atoms. The molecule has 0 bridgehead atoms. The van der Waals surface area contributed by atoms with Gasteiger partial charge in [0.1, 0.15) is 5.69 Å². The van der Waals surface area contributed by atoms with E-state index < -0.39 is 6.08 Å². The zero-order valence-corrected chi connectivity index (χ0v) is 20.9. The molecule has 1 saturated heterocycles. The number of aromatic nitrogens is 7. The average Bonchev–Trinajstić information content (AvgIpc) is 3.60. The summed E-state index contributed by atoms with van der Waals surface area (Å²) in [7, 11) is 0. The second-order valence-electron chi connectivity index (χ2n) is 9.29. The van der Waals surface area contributed by atoms with Crippen LogP contribution in [0.4, 0.5) is 5.69 Å². The van der Waals surface area contributed by atoms with Crippen molar-refractivity contribution >= 4 is 22.2 Å². The molecule has 0 atom stereocenters. The molecule has 5 aromatic heterocycles. The predicted octanol–water partition coefficient (Wildman–Crippen LogP) is 3.72. The minimum Gasteiger partial charge on any atom is -0.464 e. The maximum absolute atomic E-state index is 9.41. The van der Waals surface area contributed by atoms with E-state index in [2.05, 4.69) is 42.7 Å². The molecule has 0 saturated carbocycles. The maximum Gasteiger partial charge on any atom is 0.415 e. The zero-order chi connectivity index (χ0) is 26.2. The van der Waals surface area contributed by atoms with Gasteiger partial charge in [-0.05, 0) is 43.2 Å². The van der Waals surface area contributed by atoms with Crippen LogP contribution >= 0.6 is 0 Å². The van der Waals surface area contributed by atoms with Gasteiger partial charge >= 0.3 is 6.08 Å². The second-order valence-corrected chi connectivity index (χ2v) is 9.29. The second kappa shape index (κ2) is 9.76. The quantitative estimate of drug-likeness (QED) is 0.347. The lowest BCUT2D eigenvalue weighted by Crippen LogP contribution is -2.36. The van der Waals surface area contributed by atoms with Crippen molar-refractivity contribution in [2.75, 3.05) is 31.2 Å². The predicted molar refractivity (Wildman–Crippen MR) is 143 cm³/mol. The molecule has 7 rings (SSSR count). The average molecular weight is 521 g/mol. The highest BCUT2D eigenvalue weighted by atomic mass is 16.6. The number of aromatic hydroxyl groups is 1. The minimum absolute atomic E-state index is 0.215. The highest BCUT2D eigenvalue weighted by molar-refractivity contribution is 5.78. The zero-order valence-electron chi connectivity index (χ0n) is 20.9. The largest absolute Gasteiger partial charge is 0.464 e. The van der Waals surface area contributed by atoms with Crippen LogP contribution in [0.2, 0.25) is 0 Å². The molecule has 0 spiro atoms. The van der Waals surface area contributed by atoms with Crippen molar-refractivity contribution in [1.29, 1.82) is 0 Å². The first kappa shape index (κ1) is 23.2. The van der Waals surface area contributed by atoms with Crippen LogP contribution in [0.1, 0.15) is 11.4 Å². The molecule has 1 aliphatic heterocycles. The Bertz CT molecular complexity index is 1770. The van der Waals surface area contributed by atoms with Gasteiger partial charge in [0.05, 0.1) is 42.0 Å². The number of para-hydroxylation sites is 1. The van der Waals surface area contributed by atoms with Crippen molar-refractivity contribution in [3.05, 3.63) is 78.4 Å². The lowest BCUT2D eigenvalue weighted by molar-refractivity contribution is 0.123. The van der Waals surface area contributed by atoms with Crippen molar-refractivity contribution in [3.63, 3.8) is 0 Å². The first-order chi connectivity index (χ1) is 19.2. The summed E-state index contributed by atoms with van der Waals surface area (Å²) in [4.78, 5) is 20.6. The molecule has 0 aliphatic carbocycles. The lowest BCUT2D eigenvalue weighted by Gasteiger charge is -2.28. The highest BCUT2D eigenvalue weighted by Gasteiger charge is 2.22. The molecule has 1 N–H and O–H groups in total. The number of morpholine rings is 1. The molecule has 1 aliphatic rings. The van der Waals surface area contributed by atoms with Gasteiger partial charge < -0.3 is 14.7 Å². The molecule has 0 unspecified atom stereocenters. The number of aryl methyl sites for hydroxylation is 2. The van der Waals surface area contributed by atoms with E-state index in [1.54, 1.807) is 12.3 Å². The summed E-state index contributed by atoms with van der Waals surface area (Å²) < 4.78 is 12.1. The van der Waals surface area contributed by atoms with E-state index in [4.69, 9.17) is 19.8 Å². The highest BCUT2D eigenvalue weighted by Crippen LogP contribution is 2.31. The Labute approximate surface area is 222 Å². The number of benzene rings is 1. The molecule has 11 nitrogen and oxygen atoms in total. The van der Waals surface area contributed by atoms with E-state index >= 15 is 0 Å². The van der Waals surface area contributed by atoms with Gasteiger partial charge in [0.15, 0.2) is 5.65 Å². The number of pyridine rings is 2. The molecular formula is C28H24N8O3. The topological polar surface area (TPSA) is 128 Å². The Balaban J connectivity index is 1.29. The summed E-state index contributed by atoms with van der Waals surface area (Å²) in [5.74, 6) is 0.215. The third kappa shape index (κ3) is 4.42. The van der Waals surface area contributed by atoms with Gasteiger partial charge in [0.2, 0.25) is 5.82 Å². The number of rotatable bonds is 6. The van der Waals surface area contributed by atoms with Crippen molar-refractivity contribution in [2.45, 2.75) is 12.8 Å². The first-order valence-corrected chi connectivity index (χ1v) is 12.8. The SMILES string of the molecule is Oc1nc(-c2ccc(-c3c(CCc4ccc5ccccc5n4)nc4c(N5CCOCC5)ccnn34)cn2)no1. The summed E-state index contributed by atoms with van der Waals surface area (Å²) in [6.45, 7) is 2.96. The van der Waals surface area contributed by atoms with Crippen molar-refractivity contribution < 1.29 is 14.4 Å². The van der Waals surface area contributed by atoms with Crippen LogP contribution < -0.4 is 4.90 Å². The first-order valence-electron chi connectivity index (χ1n) is 12.8. The number of imidazole rings is 1. The molecule has 1 fully saturated rings. The molecule has 0 amide bonds. The Morgan fingerprint density at radius 1 is 0.897 bits per heavy atom. The summed E-state index contributed by atoms with van der Waals surface area (Å²) >= 11 is 0. The molecular weight excluding hydrogens is 496 g/mol. The number of anilines is 1. The van der Waals surface area contributed by atoms with Crippen LogP contribution in [0.15, 0.2) is 71.5 Å². The monoisotopic (exact) mass is 520 g/mol. The molecule has 6 aromatic rings. The normalized spacial score (nSPS) is 13.9.